The van der Waals surface area contributed by atoms with E-state index in [4.69, 9.17) is 11.2 Å². The predicted octanol–water partition coefficient (Wildman–Crippen LogP) is 5.60. The van der Waals surface area contributed by atoms with Crippen molar-refractivity contribution in [2.45, 2.75) is 0 Å². The lowest BCUT2D eigenvalue weighted by Gasteiger charge is -2.09. The van der Waals surface area contributed by atoms with Crippen LogP contribution < -0.4 is 5.30 Å². The van der Waals surface area contributed by atoms with Gasteiger partial charge in [-0.3, -0.25) is 0 Å². The first-order chi connectivity index (χ1) is 9.86. The standard InChI is InChI=1S/C18H12ClP/c19-20-18-11-14-9-12-5-1-2-6-13(12)10-17(14)15-7-3-4-8-16(15)18/h1-11,20H. The zero-order valence-corrected chi connectivity index (χ0v) is 12.5. The van der Waals surface area contributed by atoms with Crippen molar-refractivity contribution in [3.63, 3.8) is 0 Å². The van der Waals surface area contributed by atoms with Crippen molar-refractivity contribution in [3.8, 4) is 0 Å². The SMILES string of the molecule is ClPc1cc2cc3ccccc3cc2c2ccccc12. The van der Waals surface area contributed by atoms with Crippen LogP contribution in [0.25, 0.3) is 32.3 Å². The minimum atomic E-state index is 0.296. The van der Waals surface area contributed by atoms with Gasteiger partial charge >= 0.3 is 0 Å². The minimum Gasteiger partial charge on any atom is -0.0948 e. The third-order valence-electron chi connectivity index (χ3n) is 3.83. The lowest BCUT2D eigenvalue weighted by Crippen LogP contribution is -1.95. The molecule has 4 rings (SSSR count). The van der Waals surface area contributed by atoms with Crippen LogP contribution in [0.5, 0.6) is 0 Å². The highest BCUT2D eigenvalue weighted by molar-refractivity contribution is 7.75. The van der Waals surface area contributed by atoms with Gasteiger partial charge in [-0.15, -0.1) is 0 Å². The summed E-state index contributed by atoms with van der Waals surface area (Å²) in [6, 6.07) is 23.8. The Labute approximate surface area is 123 Å². The van der Waals surface area contributed by atoms with Crippen LogP contribution in [0.15, 0.2) is 66.7 Å². The van der Waals surface area contributed by atoms with E-state index in [9.17, 15) is 0 Å². The Balaban J connectivity index is 2.25. The molecule has 96 valence electrons. The molecule has 0 aliphatic heterocycles. The Kier molecular flexibility index (Phi) is 2.88. The van der Waals surface area contributed by atoms with E-state index in [0.717, 1.165) is 0 Å². The molecule has 0 aromatic heterocycles. The minimum absolute atomic E-state index is 0.296. The maximum atomic E-state index is 6.15. The summed E-state index contributed by atoms with van der Waals surface area (Å²) in [5.41, 5.74) is 0. The Morgan fingerprint density at radius 1 is 0.600 bits per heavy atom. The quantitative estimate of drug-likeness (QED) is 0.243. The van der Waals surface area contributed by atoms with Crippen molar-refractivity contribution in [2.24, 2.45) is 0 Å². The lowest BCUT2D eigenvalue weighted by atomic mass is 9.98. The van der Waals surface area contributed by atoms with Crippen LogP contribution in [0, 0.1) is 0 Å². The number of hydrogen-bond donors (Lipinski definition) is 0. The second-order valence-corrected chi connectivity index (χ2v) is 6.28. The monoisotopic (exact) mass is 294 g/mol. The summed E-state index contributed by atoms with van der Waals surface area (Å²) >= 11 is 6.15. The van der Waals surface area contributed by atoms with E-state index in [1.54, 1.807) is 0 Å². The van der Waals surface area contributed by atoms with Crippen LogP contribution in [-0.2, 0) is 0 Å². The summed E-state index contributed by atoms with van der Waals surface area (Å²) in [6.45, 7) is 0. The summed E-state index contributed by atoms with van der Waals surface area (Å²) in [7, 11) is 0.296. The van der Waals surface area contributed by atoms with E-state index in [1.165, 1.54) is 37.6 Å². The summed E-state index contributed by atoms with van der Waals surface area (Å²) in [5.74, 6) is 0. The molecule has 0 aliphatic carbocycles. The van der Waals surface area contributed by atoms with Crippen molar-refractivity contribution in [1.82, 2.24) is 0 Å². The molecule has 1 atom stereocenters. The molecule has 1 unspecified atom stereocenters. The Morgan fingerprint density at radius 3 is 2.00 bits per heavy atom. The molecule has 0 N–H and O–H groups in total. The van der Waals surface area contributed by atoms with Gasteiger partial charge in [-0.1, -0.05) is 59.8 Å². The Morgan fingerprint density at radius 2 is 1.25 bits per heavy atom. The fraction of sp³-hybridized carbons (Fsp3) is 0. The van der Waals surface area contributed by atoms with Crippen molar-refractivity contribution in [1.29, 1.82) is 0 Å². The molecular weight excluding hydrogens is 283 g/mol. The van der Waals surface area contributed by atoms with Crippen LogP contribution in [0.3, 0.4) is 0 Å². The molecule has 4 aromatic carbocycles. The molecule has 0 amide bonds. The highest BCUT2D eigenvalue weighted by atomic mass is 35.7. The molecule has 0 saturated carbocycles. The fourth-order valence-electron chi connectivity index (χ4n) is 2.87. The van der Waals surface area contributed by atoms with Gasteiger partial charge in [-0.05, 0) is 55.8 Å². The third-order valence-corrected chi connectivity index (χ3v) is 5.05. The molecule has 0 nitrogen and oxygen atoms in total. The molecule has 2 heteroatoms. The molecule has 20 heavy (non-hydrogen) atoms. The first-order valence-corrected chi connectivity index (χ1v) is 8.59. The van der Waals surface area contributed by atoms with Gasteiger partial charge in [0.1, 0.15) is 0 Å². The first-order valence-electron chi connectivity index (χ1n) is 6.58. The predicted molar refractivity (Wildman–Crippen MR) is 92.8 cm³/mol. The molecular formula is C18H12ClP. The molecule has 4 aromatic rings. The number of halogens is 1. The molecule has 0 heterocycles. The molecule has 0 spiro atoms. The number of hydrogen-bond acceptors (Lipinski definition) is 0. The van der Waals surface area contributed by atoms with E-state index in [-0.39, 0.29) is 0 Å². The summed E-state index contributed by atoms with van der Waals surface area (Å²) in [4.78, 5) is 0. The molecule has 0 fully saturated rings. The van der Waals surface area contributed by atoms with Crippen molar-refractivity contribution in [2.75, 3.05) is 0 Å². The zero-order chi connectivity index (χ0) is 13.5. The molecule has 0 bridgehead atoms. The molecule has 0 aliphatic rings. The van der Waals surface area contributed by atoms with Crippen LogP contribution in [0.2, 0.25) is 0 Å². The van der Waals surface area contributed by atoms with E-state index in [1.807, 2.05) is 0 Å². The van der Waals surface area contributed by atoms with Gasteiger partial charge in [0.25, 0.3) is 0 Å². The highest BCUT2D eigenvalue weighted by Crippen LogP contribution is 2.32. The van der Waals surface area contributed by atoms with Crippen LogP contribution >= 0.6 is 19.2 Å². The zero-order valence-electron chi connectivity index (χ0n) is 10.7. The van der Waals surface area contributed by atoms with Gasteiger partial charge in [-0.2, -0.15) is 0 Å². The second kappa shape index (κ2) is 4.74. The highest BCUT2D eigenvalue weighted by Gasteiger charge is 2.06. The van der Waals surface area contributed by atoms with Gasteiger partial charge in [0.15, 0.2) is 0 Å². The average molecular weight is 295 g/mol. The number of fused-ring (bicyclic) bond motifs is 4. The van der Waals surface area contributed by atoms with Gasteiger partial charge < -0.3 is 0 Å². The van der Waals surface area contributed by atoms with Gasteiger partial charge in [0.05, 0.1) is 0 Å². The largest absolute Gasteiger partial charge is 0.0948 e. The van der Waals surface area contributed by atoms with Crippen molar-refractivity contribution >= 4 is 56.8 Å². The number of benzene rings is 4. The van der Waals surface area contributed by atoms with Crippen LogP contribution in [-0.4, -0.2) is 0 Å². The van der Waals surface area contributed by atoms with Crippen molar-refractivity contribution in [3.05, 3.63) is 66.7 Å². The Bertz CT molecular complexity index is 944. The van der Waals surface area contributed by atoms with E-state index >= 15 is 0 Å². The van der Waals surface area contributed by atoms with E-state index in [0.29, 0.717) is 7.93 Å². The third kappa shape index (κ3) is 1.80. The smallest absolute Gasteiger partial charge is 0.00725 e. The topological polar surface area (TPSA) is 0 Å². The van der Waals surface area contributed by atoms with Crippen molar-refractivity contribution < 1.29 is 0 Å². The first kappa shape index (κ1) is 12.1. The maximum Gasteiger partial charge on any atom is 0.00725 e. The summed E-state index contributed by atoms with van der Waals surface area (Å²) in [6.07, 6.45) is 0. The molecule has 0 saturated heterocycles. The lowest BCUT2D eigenvalue weighted by molar-refractivity contribution is 1.79. The normalized spacial score (nSPS) is 12.1. The van der Waals surface area contributed by atoms with E-state index < -0.39 is 0 Å². The summed E-state index contributed by atoms with van der Waals surface area (Å²) in [5, 5.41) is 8.92. The van der Waals surface area contributed by atoms with E-state index in [2.05, 4.69) is 66.7 Å². The Hall–Kier alpha value is -1.62. The van der Waals surface area contributed by atoms with Gasteiger partial charge in [0.2, 0.25) is 0 Å². The fourth-order valence-corrected chi connectivity index (χ4v) is 3.87. The second-order valence-electron chi connectivity index (χ2n) is 4.98. The van der Waals surface area contributed by atoms with Crippen LogP contribution in [0.1, 0.15) is 0 Å². The van der Waals surface area contributed by atoms with Crippen LogP contribution in [0.4, 0.5) is 0 Å². The average Bonchev–Trinajstić information content (AvgIpc) is 2.52. The number of rotatable bonds is 1. The maximum absolute atomic E-state index is 6.15. The van der Waals surface area contributed by atoms with Gasteiger partial charge in [-0.25, -0.2) is 0 Å². The van der Waals surface area contributed by atoms with Gasteiger partial charge in [0, 0.05) is 7.93 Å². The molecule has 0 radical (unpaired) electrons. The summed E-state index contributed by atoms with van der Waals surface area (Å²) < 4.78 is 0.